The van der Waals surface area contributed by atoms with Gasteiger partial charge < -0.3 is 5.11 Å². The van der Waals surface area contributed by atoms with E-state index in [4.69, 9.17) is 16.7 Å². The van der Waals surface area contributed by atoms with Crippen molar-refractivity contribution >= 4 is 34.5 Å². The zero-order chi connectivity index (χ0) is 11.5. The van der Waals surface area contributed by atoms with Gasteiger partial charge >= 0.3 is 5.97 Å². The van der Waals surface area contributed by atoms with E-state index in [0.717, 1.165) is 17.2 Å². The zero-order valence-corrected chi connectivity index (χ0v) is 8.85. The first kappa shape index (κ1) is 10.6. The number of carboxylic acids is 1. The van der Waals surface area contributed by atoms with Crippen LogP contribution in [-0.4, -0.2) is 21.0 Å². The van der Waals surface area contributed by atoms with Crippen molar-refractivity contribution in [1.29, 1.82) is 0 Å². The summed E-state index contributed by atoms with van der Waals surface area (Å²) in [6, 6.07) is 5.28. The summed E-state index contributed by atoms with van der Waals surface area (Å²) in [5.41, 5.74) is 1.47. The van der Waals surface area contributed by atoms with Gasteiger partial charge in [-0.3, -0.25) is 0 Å². The molecular formula is C11H7ClN2O2. The fourth-order valence-corrected chi connectivity index (χ4v) is 1.51. The number of hydrogen-bond acceptors (Lipinski definition) is 3. The van der Waals surface area contributed by atoms with Gasteiger partial charge in [0.15, 0.2) is 0 Å². The Bertz CT molecular complexity index is 581. The van der Waals surface area contributed by atoms with Gasteiger partial charge in [-0.2, -0.15) is 0 Å². The Labute approximate surface area is 96.2 Å². The van der Waals surface area contributed by atoms with E-state index in [0.29, 0.717) is 10.5 Å². The van der Waals surface area contributed by atoms with Crippen LogP contribution in [0.15, 0.2) is 30.6 Å². The van der Waals surface area contributed by atoms with E-state index in [1.807, 2.05) is 0 Å². The minimum Gasteiger partial charge on any atom is -0.478 e. The molecule has 0 aliphatic carbocycles. The zero-order valence-electron chi connectivity index (χ0n) is 8.09. The van der Waals surface area contributed by atoms with E-state index in [9.17, 15) is 4.79 Å². The molecule has 0 atom stereocenters. The van der Waals surface area contributed by atoms with Crippen LogP contribution in [0.3, 0.4) is 0 Å². The highest BCUT2D eigenvalue weighted by molar-refractivity contribution is 6.34. The first-order valence-electron chi connectivity index (χ1n) is 4.48. The van der Waals surface area contributed by atoms with Crippen LogP contribution in [0, 0.1) is 0 Å². The molecular weight excluding hydrogens is 228 g/mol. The second-order valence-corrected chi connectivity index (χ2v) is 3.47. The second kappa shape index (κ2) is 4.28. The first-order chi connectivity index (χ1) is 7.66. The van der Waals surface area contributed by atoms with Crippen molar-refractivity contribution in [2.75, 3.05) is 0 Å². The molecule has 2 rings (SSSR count). The van der Waals surface area contributed by atoms with Crippen LogP contribution in [-0.2, 0) is 4.79 Å². The van der Waals surface area contributed by atoms with Gasteiger partial charge in [-0.25, -0.2) is 14.8 Å². The van der Waals surface area contributed by atoms with Crippen molar-refractivity contribution < 1.29 is 9.90 Å². The SMILES string of the molecule is O=C(O)C=Cc1ccc2ncnc(Cl)c2c1. The molecule has 2 aromatic rings. The lowest BCUT2D eigenvalue weighted by atomic mass is 10.1. The summed E-state index contributed by atoms with van der Waals surface area (Å²) in [4.78, 5) is 18.3. The summed E-state index contributed by atoms with van der Waals surface area (Å²) in [6.07, 6.45) is 3.95. The molecule has 0 fully saturated rings. The molecule has 0 unspecified atom stereocenters. The molecule has 0 aliphatic rings. The number of halogens is 1. The van der Waals surface area contributed by atoms with Crippen molar-refractivity contribution in [1.82, 2.24) is 9.97 Å². The molecule has 0 radical (unpaired) electrons. The van der Waals surface area contributed by atoms with Gasteiger partial charge in [0, 0.05) is 11.5 Å². The number of aromatic nitrogens is 2. The van der Waals surface area contributed by atoms with Crippen LogP contribution < -0.4 is 0 Å². The van der Waals surface area contributed by atoms with Crippen LogP contribution in [0.4, 0.5) is 0 Å². The lowest BCUT2D eigenvalue weighted by Crippen LogP contribution is -1.87. The summed E-state index contributed by atoms with van der Waals surface area (Å²) in [5, 5.41) is 9.57. The Morgan fingerprint density at radius 3 is 2.94 bits per heavy atom. The highest BCUT2D eigenvalue weighted by Gasteiger charge is 2.01. The summed E-state index contributed by atoms with van der Waals surface area (Å²) < 4.78 is 0. The third-order valence-electron chi connectivity index (χ3n) is 2.03. The lowest BCUT2D eigenvalue weighted by Gasteiger charge is -1.99. The molecule has 5 heteroatoms. The van der Waals surface area contributed by atoms with E-state index < -0.39 is 5.97 Å². The Kier molecular flexibility index (Phi) is 2.83. The normalized spacial score (nSPS) is 11.1. The Balaban J connectivity index is 2.51. The molecule has 0 saturated heterocycles. The molecule has 1 aromatic carbocycles. The van der Waals surface area contributed by atoms with Gasteiger partial charge in [0.05, 0.1) is 5.52 Å². The molecule has 1 aromatic heterocycles. The Morgan fingerprint density at radius 2 is 2.19 bits per heavy atom. The smallest absolute Gasteiger partial charge is 0.328 e. The maximum Gasteiger partial charge on any atom is 0.328 e. The predicted octanol–water partition coefficient (Wildman–Crippen LogP) is 2.38. The fourth-order valence-electron chi connectivity index (χ4n) is 1.31. The quantitative estimate of drug-likeness (QED) is 0.640. The molecule has 0 aliphatic heterocycles. The molecule has 0 bridgehead atoms. The van der Waals surface area contributed by atoms with Crippen molar-refractivity contribution in [3.63, 3.8) is 0 Å². The second-order valence-electron chi connectivity index (χ2n) is 3.11. The standard InChI is InChI=1S/C11H7ClN2O2/c12-11-8-5-7(2-4-10(15)16)1-3-9(8)13-6-14-11/h1-6H,(H,15,16). The third kappa shape index (κ3) is 2.17. The van der Waals surface area contributed by atoms with Gasteiger partial charge in [0.2, 0.25) is 0 Å². The van der Waals surface area contributed by atoms with Crippen LogP contribution >= 0.6 is 11.6 Å². The van der Waals surface area contributed by atoms with E-state index in [2.05, 4.69) is 9.97 Å². The van der Waals surface area contributed by atoms with E-state index in [-0.39, 0.29) is 0 Å². The Hall–Kier alpha value is -1.94. The summed E-state index contributed by atoms with van der Waals surface area (Å²) in [7, 11) is 0. The molecule has 4 nitrogen and oxygen atoms in total. The number of carboxylic acid groups (broad SMARTS) is 1. The largest absolute Gasteiger partial charge is 0.478 e. The lowest BCUT2D eigenvalue weighted by molar-refractivity contribution is -0.131. The van der Waals surface area contributed by atoms with Crippen molar-refractivity contribution in [2.24, 2.45) is 0 Å². The average Bonchev–Trinajstić information content (AvgIpc) is 2.27. The van der Waals surface area contributed by atoms with Crippen molar-refractivity contribution in [2.45, 2.75) is 0 Å². The molecule has 0 saturated carbocycles. The van der Waals surface area contributed by atoms with Crippen LogP contribution in [0.25, 0.3) is 17.0 Å². The number of fused-ring (bicyclic) bond motifs is 1. The molecule has 0 amide bonds. The third-order valence-corrected chi connectivity index (χ3v) is 2.33. The predicted molar refractivity (Wildman–Crippen MR) is 61.2 cm³/mol. The Morgan fingerprint density at radius 1 is 1.38 bits per heavy atom. The first-order valence-corrected chi connectivity index (χ1v) is 4.86. The van der Waals surface area contributed by atoms with Crippen molar-refractivity contribution in [3.05, 3.63) is 41.3 Å². The summed E-state index contributed by atoms with van der Waals surface area (Å²) >= 11 is 5.90. The minimum absolute atomic E-state index is 0.357. The number of benzene rings is 1. The number of rotatable bonds is 2. The van der Waals surface area contributed by atoms with Crippen molar-refractivity contribution in [3.8, 4) is 0 Å². The van der Waals surface area contributed by atoms with Gasteiger partial charge in [-0.15, -0.1) is 0 Å². The molecule has 0 spiro atoms. The molecule has 1 heterocycles. The number of nitrogens with zero attached hydrogens (tertiary/aromatic N) is 2. The van der Waals surface area contributed by atoms with Gasteiger partial charge in [-0.1, -0.05) is 17.7 Å². The maximum atomic E-state index is 10.4. The minimum atomic E-state index is -0.990. The fraction of sp³-hybridized carbons (Fsp3) is 0. The molecule has 1 N–H and O–H groups in total. The number of aliphatic carboxylic acids is 1. The highest BCUT2D eigenvalue weighted by Crippen LogP contribution is 2.20. The molecule has 80 valence electrons. The maximum absolute atomic E-state index is 10.4. The van der Waals surface area contributed by atoms with Crippen LogP contribution in [0.5, 0.6) is 0 Å². The number of hydrogen-bond donors (Lipinski definition) is 1. The van der Waals surface area contributed by atoms with E-state index >= 15 is 0 Å². The molecule has 16 heavy (non-hydrogen) atoms. The topological polar surface area (TPSA) is 63.1 Å². The number of carbonyl (C=O) groups is 1. The summed E-state index contributed by atoms with van der Waals surface area (Å²) in [6.45, 7) is 0. The highest BCUT2D eigenvalue weighted by atomic mass is 35.5. The van der Waals surface area contributed by atoms with E-state index in [1.165, 1.54) is 12.4 Å². The van der Waals surface area contributed by atoms with Gasteiger partial charge in [0.1, 0.15) is 11.5 Å². The van der Waals surface area contributed by atoms with E-state index in [1.54, 1.807) is 18.2 Å². The monoisotopic (exact) mass is 234 g/mol. The van der Waals surface area contributed by atoms with Crippen LogP contribution in [0.1, 0.15) is 5.56 Å². The van der Waals surface area contributed by atoms with Gasteiger partial charge in [0.25, 0.3) is 0 Å². The summed E-state index contributed by atoms with van der Waals surface area (Å²) in [5.74, 6) is -0.990. The average molecular weight is 235 g/mol. The van der Waals surface area contributed by atoms with Crippen LogP contribution in [0.2, 0.25) is 5.15 Å². The van der Waals surface area contributed by atoms with Gasteiger partial charge in [-0.05, 0) is 23.8 Å².